The number of benzene rings is 2. The van der Waals surface area contributed by atoms with Crippen molar-refractivity contribution in [1.82, 2.24) is 5.32 Å². The number of aryl methyl sites for hydroxylation is 1. The first kappa shape index (κ1) is 14.6. The summed E-state index contributed by atoms with van der Waals surface area (Å²) in [5, 5.41) is 4.33. The van der Waals surface area contributed by atoms with Crippen molar-refractivity contribution in [2.75, 3.05) is 0 Å². The summed E-state index contributed by atoms with van der Waals surface area (Å²) in [7, 11) is 0. The van der Waals surface area contributed by atoms with Crippen LogP contribution < -0.4 is 5.32 Å². The third kappa shape index (κ3) is 4.07. The Morgan fingerprint density at radius 2 is 2.00 bits per heavy atom. The fourth-order valence-corrected chi connectivity index (χ4v) is 2.66. The Balaban J connectivity index is 2.02. The molecule has 1 atom stereocenters. The highest BCUT2D eigenvalue weighted by molar-refractivity contribution is 9.10. The van der Waals surface area contributed by atoms with Crippen LogP contribution in [0.5, 0.6) is 0 Å². The highest BCUT2D eigenvalue weighted by Crippen LogP contribution is 2.19. The maximum atomic E-state index is 5.97. The largest absolute Gasteiger partial charge is 0.306 e. The lowest BCUT2D eigenvalue weighted by molar-refractivity contribution is 0.573. The molecule has 2 rings (SSSR count). The molecule has 19 heavy (non-hydrogen) atoms. The molecule has 0 amide bonds. The van der Waals surface area contributed by atoms with E-state index in [0.29, 0.717) is 6.04 Å². The summed E-state index contributed by atoms with van der Waals surface area (Å²) in [4.78, 5) is 0. The van der Waals surface area contributed by atoms with Crippen LogP contribution >= 0.6 is 27.5 Å². The minimum absolute atomic E-state index is 0.313. The van der Waals surface area contributed by atoms with E-state index in [1.54, 1.807) is 0 Å². The Bertz CT molecular complexity index is 568. The molecule has 2 aromatic rings. The number of halogens is 2. The number of hydrogen-bond acceptors (Lipinski definition) is 1. The minimum Gasteiger partial charge on any atom is -0.306 e. The zero-order valence-electron chi connectivity index (χ0n) is 11.1. The molecule has 1 nitrogen and oxygen atoms in total. The van der Waals surface area contributed by atoms with E-state index in [-0.39, 0.29) is 0 Å². The quantitative estimate of drug-likeness (QED) is 0.801. The van der Waals surface area contributed by atoms with Crippen molar-refractivity contribution in [3.05, 3.63) is 68.7 Å². The summed E-state index contributed by atoms with van der Waals surface area (Å²) in [6.07, 6.45) is 0. The molecule has 0 aliphatic heterocycles. The van der Waals surface area contributed by atoms with E-state index < -0.39 is 0 Å². The molecule has 2 aromatic carbocycles. The molecule has 100 valence electrons. The molecule has 0 bridgehead atoms. The highest BCUT2D eigenvalue weighted by atomic mass is 79.9. The number of hydrogen-bond donors (Lipinski definition) is 1. The monoisotopic (exact) mass is 337 g/mol. The van der Waals surface area contributed by atoms with Crippen LogP contribution in [0.15, 0.2) is 46.9 Å². The van der Waals surface area contributed by atoms with Gasteiger partial charge in [-0.05, 0) is 54.8 Å². The molecule has 0 radical (unpaired) electrons. The van der Waals surface area contributed by atoms with Crippen LogP contribution in [0.25, 0.3) is 0 Å². The first-order valence-electron chi connectivity index (χ1n) is 6.30. The van der Waals surface area contributed by atoms with Crippen LogP contribution in [-0.2, 0) is 6.54 Å². The van der Waals surface area contributed by atoms with Crippen LogP contribution in [0.2, 0.25) is 5.02 Å². The zero-order valence-corrected chi connectivity index (χ0v) is 13.4. The van der Waals surface area contributed by atoms with Crippen molar-refractivity contribution in [3.8, 4) is 0 Å². The maximum Gasteiger partial charge on any atom is 0.0408 e. The van der Waals surface area contributed by atoms with Crippen LogP contribution in [0.1, 0.15) is 29.7 Å². The Hall–Kier alpha value is -0.830. The van der Waals surface area contributed by atoms with Gasteiger partial charge in [-0.2, -0.15) is 0 Å². The fraction of sp³-hybridized carbons (Fsp3) is 0.250. The molecule has 0 fully saturated rings. The first-order chi connectivity index (χ1) is 9.06. The minimum atomic E-state index is 0.313. The third-order valence-corrected chi connectivity index (χ3v) is 3.98. The normalized spacial score (nSPS) is 12.4. The second kappa shape index (κ2) is 6.56. The Kier molecular flexibility index (Phi) is 5.03. The van der Waals surface area contributed by atoms with Gasteiger partial charge in [0.1, 0.15) is 0 Å². The predicted octanol–water partition coefficient (Wildman–Crippen LogP) is 5.26. The van der Waals surface area contributed by atoms with Crippen molar-refractivity contribution < 1.29 is 0 Å². The van der Waals surface area contributed by atoms with Gasteiger partial charge in [0.25, 0.3) is 0 Å². The zero-order chi connectivity index (χ0) is 13.8. The second-order valence-electron chi connectivity index (χ2n) is 4.73. The van der Waals surface area contributed by atoms with Crippen LogP contribution in [0.3, 0.4) is 0 Å². The van der Waals surface area contributed by atoms with Crippen molar-refractivity contribution in [1.29, 1.82) is 0 Å². The van der Waals surface area contributed by atoms with E-state index in [1.165, 1.54) is 16.7 Å². The molecule has 0 saturated heterocycles. The molecule has 0 unspecified atom stereocenters. The van der Waals surface area contributed by atoms with Crippen LogP contribution in [-0.4, -0.2) is 0 Å². The van der Waals surface area contributed by atoms with Crippen LogP contribution in [0, 0.1) is 6.92 Å². The maximum absolute atomic E-state index is 5.97. The SMILES string of the molecule is Cc1cc(Cl)ccc1CN[C@@H](C)c1cccc(Br)c1. The average Bonchev–Trinajstić information content (AvgIpc) is 2.37. The van der Waals surface area contributed by atoms with E-state index in [4.69, 9.17) is 11.6 Å². The molecular formula is C16H17BrClN. The van der Waals surface area contributed by atoms with E-state index in [9.17, 15) is 0 Å². The van der Waals surface area contributed by atoms with Gasteiger partial charge in [0, 0.05) is 22.1 Å². The number of nitrogens with one attached hydrogen (secondary N) is 1. The van der Waals surface area contributed by atoms with Crippen molar-refractivity contribution in [2.24, 2.45) is 0 Å². The predicted molar refractivity (Wildman–Crippen MR) is 85.6 cm³/mol. The number of rotatable bonds is 4. The van der Waals surface area contributed by atoms with Gasteiger partial charge in [0.2, 0.25) is 0 Å². The third-order valence-electron chi connectivity index (χ3n) is 3.25. The smallest absolute Gasteiger partial charge is 0.0408 e. The molecule has 0 spiro atoms. The summed E-state index contributed by atoms with van der Waals surface area (Å²) < 4.78 is 1.11. The molecule has 1 N–H and O–H groups in total. The van der Waals surface area contributed by atoms with Gasteiger partial charge in [-0.3, -0.25) is 0 Å². The topological polar surface area (TPSA) is 12.0 Å². The Labute approximate surface area is 128 Å². The molecule has 0 aromatic heterocycles. The van der Waals surface area contributed by atoms with Crippen molar-refractivity contribution >= 4 is 27.5 Å². The van der Waals surface area contributed by atoms with Crippen molar-refractivity contribution in [2.45, 2.75) is 26.4 Å². The van der Waals surface area contributed by atoms with Crippen molar-refractivity contribution in [3.63, 3.8) is 0 Å². The lowest BCUT2D eigenvalue weighted by atomic mass is 10.1. The molecular weight excluding hydrogens is 322 g/mol. The summed E-state index contributed by atoms with van der Waals surface area (Å²) in [5.74, 6) is 0. The van der Waals surface area contributed by atoms with Gasteiger partial charge >= 0.3 is 0 Å². The summed E-state index contributed by atoms with van der Waals surface area (Å²) in [6, 6.07) is 14.7. The van der Waals surface area contributed by atoms with E-state index >= 15 is 0 Å². The van der Waals surface area contributed by atoms with E-state index in [0.717, 1.165) is 16.0 Å². The Morgan fingerprint density at radius 1 is 1.21 bits per heavy atom. The fourth-order valence-electron chi connectivity index (χ4n) is 2.01. The van der Waals surface area contributed by atoms with Gasteiger partial charge in [0.05, 0.1) is 0 Å². The van der Waals surface area contributed by atoms with Gasteiger partial charge in [0.15, 0.2) is 0 Å². The summed E-state index contributed by atoms with van der Waals surface area (Å²) in [6.45, 7) is 5.11. The molecule has 0 saturated carbocycles. The lowest BCUT2D eigenvalue weighted by Gasteiger charge is -2.16. The lowest BCUT2D eigenvalue weighted by Crippen LogP contribution is -2.18. The second-order valence-corrected chi connectivity index (χ2v) is 6.08. The van der Waals surface area contributed by atoms with Gasteiger partial charge in [-0.15, -0.1) is 0 Å². The summed E-state index contributed by atoms with van der Waals surface area (Å²) in [5.41, 5.74) is 3.79. The van der Waals surface area contributed by atoms with E-state index in [2.05, 4.69) is 59.4 Å². The van der Waals surface area contributed by atoms with Gasteiger partial charge in [-0.1, -0.05) is 45.7 Å². The average molecular weight is 339 g/mol. The molecule has 3 heteroatoms. The molecule has 0 aliphatic carbocycles. The first-order valence-corrected chi connectivity index (χ1v) is 7.47. The standard InChI is InChI=1S/C16H17BrClN/c1-11-8-16(18)7-6-14(11)10-19-12(2)13-4-3-5-15(17)9-13/h3-9,12,19H,10H2,1-2H3/t12-/m0/s1. The molecule has 0 aliphatic rings. The van der Waals surface area contributed by atoms with Gasteiger partial charge in [-0.25, -0.2) is 0 Å². The van der Waals surface area contributed by atoms with Crippen LogP contribution in [0.4, 0.5) is 0 Å². The Morgan fingerprint density at radius 3 is 2.68 bits per heavy atom. The van der Waals surface area contributed by atoms with Gasteiger partial charge < -0.3 is 5.32 Å². The molecule has 0 heterocycles. The highest BCUT2D eigenvalue weighted by Gasteiger charge is 2.06. The van der Waals surface area contributed by atoms with E-state index in [1.807, 2.05) is 18.2 Å². The summed E-state index contributed by atoms with van der Waals surface area (Å²) >= 11 is 9.47.